The van der Waals surface area contributed by atoms with Crippen molar-refractivity contribution in [1.82, 2.24) is 21.3 Å². The number of hydrogen-bond donors (Lipinski definition) is 4. The highest BCUT2D eigenvalue weighted by Crippen LogP contribution is 2.00. The highest BCUT2D eigenvalue weighted by Gasteiger charge is 2.28. The van der Waals surface area contributed by atoms with E-state index in [0.717, 1.165) is 58.2 Å². The minimum absolute atomic E-state index is 0.0961. The summed E-state index contributed by atoms with van der Waals surface area (Å²) in [4.78, 5) is 11.9. The molecule has 0 aliphatic carbocycles. The summed E-state index contributed by atoms with van der Waals surface area (Å²) in [7, 11) is 0. The Morgan fingerprint density at radius 3 is 1.57 bits per heavy atom. The molecule has 136 valence electrons. The van der Waals surface area contributed by atoms with Gasteiger partial charge in [-0.2, -0.15) is 0 Å². The zero-order valence-electron chi connectivity index (χ0n) is 15.7. The van der Waals surface area contributed by atoms with Crippen molar-refractivity contribution in [3.63, 3.8) is 0 Å². The molecule has 0 aromatic rings. The summed E-state index contributed by atoms with van der Waals surface area (Å²) in [5.41, 5.74) is 0.537. The van der Waals surface area contributed by atoms with Gasteiger partial charge in [0.25, 0.3) is 0 Å². The Labute approximate surface area is 143 Å². The van der Waals surface area contributed by atoms with Crippen molar-refractivity contribution in [2.75, 3.05) is 26.2 Å². The molecule has 0 aliphatic heterocycles. The van der Waals surface area contributed by atoms with Gasteiger partial charge in [-0.3, -0.25) is 20.7 Å². The zero-order chi connectivity index (χ0) is 17.6. The summed E-state index contributed by atoms with van der Waals surface area (Å²) >= 11 is 0. The third-order valence-corrected chi connectivity index (χ3v) is 3.77. The van der Waals surface area contributed by atoms with Crippen LogP contribution in [0.5, 0.6) is 0 Å². The molecule has 0 bridgehead atoms. The second-order valence-electron chi connectivity index (χ2n) is 6.21. The maximum Gasteiger partial charge on any atom is 0.246 e. The number of rotatable bonds is 15. The first-order chi connectivity index (χ1) is 11.0. The topological polar surface area (TPSA) is 65.2 Å². The summed E-state index contributed by atoms with van der Waals surface area (Å²) < 4.78 is 0. The van der Waals surface area contributed by atoms with Gasteiger partial charge in [-0.15, -0.1) is 0 Å². The monoisotopic (exact) mass is 326 g/mol. The molecule has 0 rings (SSSR count). The molecule has 0 aliphatic rings. The molecule has 0 saturated heterocycles. The van der Waals surface area contributed by atoms with Crippen LogP contribution in [0.4, 0.5) is 0 Å². The van der Waals surface area contributed by atoms with Crippen LogP contribution >= 0.6 is 0 Å². The lowest BCUT2D eigenvalue weighted by Gasteiger charge is -2.37. The van der Waals surface area contributed by atoms with E-state index >= 15 is 0 Å². The van der Waals surface area contributed by atoms with E-state index in [2.05, 4.69) is 48.6 Å². The van der Waals surface area contributed by atoms with Crippen LogP contribution in [0.25, 0.3) is 0 Å². The molecule has 0 aromatic carbocycles. The molecular formula is C18H38N4O. The van der Waals surface area contributed by atoms with Gasteiger partial charge in [-0.1, -0.05) is 46.6 Å². The minimum Gasteiger partial charge on any atom is -0.348 e. The van der Waals surface area contributed by atoms with Crippen molar-refractivity contribution in [3.8, 4) is 0 Å². The minimum atomic E-state index is -0.454. The van der Waals surface area contributed by atoms with Crippen LogP contribution in [0.2, 0.25) is 0 Å². The standard InChI is InChI=1S/C18H38N4O/c1-6-9-12-20-18(21-13-10-7-2,22-14-11-8-3)15-19-17(23)16(4)5/h20-22H,4,6-15H2,1-3,5H3,(H,19,23). The van der Waals surface area contributed by atoms with Crippen molar-refractivity contribution in [2.24, 2.45) is 0 Å². The number of carbonyl (C=O) groups is 1. The number of hydrogen-bond acceptors (Lipinski definition) is 4. The quantitative estimate of drug-likeness (QED) is 0.212. The summed E-state index contributed by atoms with van der Waals surface area (Å²) in [6.45, 7) is 15.2. The Hall–Kier alpha value is -0.910. The van der Waals surface area contributed by atoms with Crippen LogP contribution in [0.3, 0.4) is 0 Å². The predicted octanol–water partition coefficient (Wildman–Crippen LogP) is 2.50. The molecule has 0 radical (unpaired) electrons. The molecule has 5 nitrogen and oxygen atoms in total. The maximum atomic E-state index is 11.9. The summed E-state index contributed by atoms with van der Waals surface area (Å²) in [6, 6.07) is 0. The lowest BCUT2D eigenvalue weighted by atomic mass is 10.2. The van der Waals surface area contributed by atoms with E-state index in [-0.39, 0.29) is 5.91 Å². The van der Waals surface area contributed by atoms with Gasteiger partial charge < -0.3 is 5.32 Å². The second kappa shape index (κ2) is 13.5. The Morgan fingerprint density at radius 2 is 1.26 bits per heavy atom. The maximum absolute atomic E-state index is 11.9. The molecule has 5 heteroatoms. The van der Waals surface area contributed by atoms with Gasteiger partial charge in [0.2, 0.25) is 5.91 Å². The van der Waals surface area contributed by atoms with Gasteiger partial charge >= 0.3 is 0 Å². The number of amides is 1. The van der Waals surface area contributed by atoms with E-state index < -0.39 is 5.79 Å². The van der Waals surface area contributed by atoms with Gasteiger partial charge in [0, 0.05) is 5.57 Å². The largest absolute Gasteiger partial charge is 0.348 e. The number of carbonyl (C=O) groups excluding carboxylic acids is 1. The van der Waals surface area contributed by atoms with Crippen LogP contribution in [-0.4, -0.2) is 37.9 Å². The van der Waals surface area contributed by atoms with Gasteiger partial charge in [-0.25, -0.2) is 0 Å². The first-order valence-electron chi connectivity index (χ1n) is 9.20. The smallest absolute Gasteiger partial charge is 0.246 e. The molecular weight excluding hydrogens is 288 g/mol. The van der Waals surface area contributed by atoms with Crippen molar-refractivity contribution in [3.05, 3.63) is 12.2 Å². The van der Waals surface area contributed by atoms with Crippen molar-refractivity contribution >= 4 is 5.91 Å². The summed E-state index contributed by atoms with van der Waals surface area (Å²) in [5, 5.41) is 13.7. The van der Waals surface area contributed by atoms with Gasteiger partial charge in [0.1, 0.15) is 5.79 Å². The fourth-order valence-corrected chi connectivity index (χ4v) is 2.17. The fourth-order valence-electron chi connectivity index (χ4n) is 2.17. The molecule has 0 fully saturated rings. The van der Waals surface area contributed by atoms with Crippen molar-refractivity contribution in [1.29, 1.82) is 0 Å². The lowest BCUT2D eigenvalue weighted by molar-refractivity contribution is -0.117. The van der Waals surface area contributed by atoms with E-state index in [4.69, 9.17) is 0 Å². The molecule has 0 unspecified atom stereocenters. The molecule has 1 amide bonds. The Bertz CT molecular complexity index is 304. The SMILES string of the molecule is C=C(C)C(=O)NCC(NCCCC)(NCCCC)NCCCC. The van der Waals surface area contributed by atoms with E-state index in [0.29, 0.717) is 12.1 Å². The predicted molar refractivity (Wildman–Crippen MR) is 99.3 cm³/mol. The van der Waals surface area contributed by atoms with Gasteiger partial charge in [-0.05, 0) is 45.8 Å². The Morgan fingerprint density at radius 1 is 0.870 bits per heavy atom. The molecule has 0 aromatic heterocycles. The average molecular weight is 327 g/mol. The molecule has 23 heavy (non-hydrogen) atoms. The fraction of sp³-hybridized carbons (Fsp3) is 0.833. The lowest BCUT2D eigenvalue weighted by Crippen LogP contribution is -2.71. The molecule has 4 N–H and O–H groups in total. The summed E-state index contributed by atoms with van der Waals surface area (Å²) in [5.74, 6) is -0.550. The molecule has 0 heterocycles. The van der Waals surface area contributed by atoms with Crippen LogP contribution in [0.1, 0.15) is 66.2 Å². The average Bonchev–Trinajstić information content (AvgIpc) is 2.53. The highest BCUT2D eigenvalue weighted by molar-refractivity contribution is 5.92. The number of unbranched alkanes of at least 4 members (excludes halogenated alkanes) is 3. The first-order valence-corrected chi connectivity index (χ1v) is 9.20. The summed E-state index contributed by atoms with van der Waals surface area (Å²) in [6.07, 6.45) is 6.77. The first kappa shape index (κ1) is 22.1. The Balaban J connectivity index is 4.84. The molecule has 0 atom stereocenters. The van der Waals surface area contributed by atoms with Crippen LogP contribution in [0, 0.1) is 0 Å². The van der Waals surface area contributed by atoms with E-state index in [9.17, 15) is 4.79 Å². The number of nitrogens with one attached hydrogen (secondary N) is 4. The van der Waals surface area contributed by atoms with Gasteiger partial charge in [0.15, 0.2) is 0 Å². The van der Waals surface area contributed by atoms with E-state index in [1.165, 1.54) is 0 Å². The third kappa shape index (κ3) is 10.5. The van der Waals surface area contributed by atoms with Crippen LogP contribution in [0.15, 0.2) is 12.2 Å². The molecule has 0 spiro atoms. The van der Waals surface area contributed by atoms with E-state index in [1.54, 1.807) is 6.92 Å². The normalized spacial score (nSPS) is 11.5. The molecule has 0 saturated carbocycles. The second-order valence-corrected chi connectivity index (χ2v) is 6.21. The van der Waals surface area contributed by atoms with Crippen LogP contribution < -0.4 is 21.3 Å². The zero-order valence-corrected chi connectivity index (χ0v) is 15.7. The van der Waals surface area contributed by atoms with E-state index in [1.807, 2.05) is 0 Å². The van der Waals surface area contributed by atoms with Gasteiger partial charge in [0.05, 0.1) is 6.54 Å². The third-order valence-electron chi connectivity index (χ3n) is 3.77. The highest BCUT2D eigenvalue weighted by atomic mass is 16.1. The van der Waals surface area contributed by atoms with Crippen molar-refractivity contribution in [2.45, 2.75) is 72.0 Å². The van der Waals surface area contributed by atoms with Crippen molar-refractivity contribution < 1.29 is 4.79 Å². The Kier molecular flexibility index (Phi) is 13.0. The van der Waals surface area contributed by atoms with Crippen LogP contribution in [-0.2, 0) is 4.79 Å².